The highest BCUT2D eigenvalue weighted by molar-refractivity contribution is 7.89. The maximum atomic E-state index is 12.0. The number of likely N-dealkylation sites (N-methyl/N-ethyl adjacent to an activating group) is 1. The highest BCUT2D eigenvalue weighted by Gasteiger charge is 2.18. The standard InChI is InChI=1S/C12H16ClN3O5S/c1-16(2)12(18)6-15-22(19,20)8-3-4-10(9(13)5-8)21-7-11(14)17/h3-5,15H,6-7H2,1-2H3,(H2,14,17). The van der Waals surface area contributed by atoms with Crippen molar-refractivity contribution < 1.29 is 22.7 Å². The molecular weight excluding hydrogens is 334 g/mol. The van der Waals surface area contributed by atoms with Crippen molar-refractivity contribution in [2.45, 2.75) is 4.90 Å². The van der Waals surface area contributed by atoms with E-state index in [1.54, 1.807) is 0 Å². The minimum atomic E-state index is -3.89. The molecule has 3 N–H and O–H groups in total. The molecule has 0 aliphatic carbocycles. The number of nitrogens with two attached hydrogens (primary N) is 1. The molecule has 0 bridgehead atoms. The van der Waals surface area contributed by atoms with Crippen molar-refractivity contribution in [3.05, 3.63) is 23.2 Å². The Bertz CT molecular complexity index is 675. The number of hydrogen-bond acceptors (Lipinski definition) is 5. The molecule has 0 saturated carbocycles. The van der Waals surface area contributed by atoms with Crippen LogP contribution in [0.5, 0.6) is 5.75 Å². The SMILES string of the molecule is CN(C)C(=O)CNS(=O)(=O)c1ccc(OCC(N)=O)c(Cl)c1. The van der Waals surface area contributed by atoms with E-state index in [4.69, 9.17) is 22.1 Å². The largest absolute Gasteiger partial charge is 0.482 e. The van der Waals surface area contributed by atoms with Gasteiger partial charge in [0, 0.05) is 14.1 Å². The fraction of sp³-hybridized carbons (Fsp3) is 0.333. The molecule has 1 aromatic carbocycles. The summed E-state index contributed by atoms with van der Waals surface area (Å²) >= 11 is 5.89. The lowest BCUT2D eigenvalue weighted by molar-refractivity contribution is -0.127. The number of halogens is 1. The van der Waals surface area contributed by atoms with Crippen molar-refractivity contribution >= 4 is 33.4 Å². The van der Waals surface area contributed by atoms with E-state index in [-0.39, 0.29) is 28.8 Å². The number of primary amides is 1. The fourth-order valence-corrected chi connectivity index (χ4v) is 2.61. The first-order valence-electron chi connectivity index (χ1n) is 6.04. The predicted octanol–water partition coefficient (Wildman–Crippen LogP) is -0.429. The van der Waals surface area contributed by atoms with Crippen LogP contribution in [0.1, 0.15) is 0 Å². The first-order chi connectivity index (χ1) is 10.1. The summed E-state index contributed by atoms with van der Waals surface area (Å²) in [6, 6.07) is 3.69. The zero-order valence-corrected chi connectivity index (χ0v) is 13.6. The molecule has 0 saturated heterocycles. The van der Waals surface area contributed by atoms with Crippen LogP contribution in [0.3, 0.4) is 0 Å². The lowest BCUT2D eigenvalue weighted by atomic mass is 10.3. The van der Waals surface area contributed by atoms with Crippen LogP contribution >= 0.6 is 11.6 Å². The van der Waals surface area contributed by atoms with E-state index in [0.29, 0.717) is 0 Å². The van der Waals surface area contributed by atoms with Gasteiger partial charge in [-0.2, -0.15) is 0 Å². The maximum absolute atomic E-state index is 12.0. The molecule has 0 fully saturated rings. The smallest absolute Gasteiger partial charge is 0.255 e. The molecule has 0 radical (unpaired) electrons. The van der Waals surface area contributed by atoms with Gasteiger partial charge in [0.1, 0.15) is 5.75 Å². The minimum Gasteiger partial charge on any atom is -0.482 e. The van der Waals surface area contributed by atoms with E-state index in [1.807, 2.05) is 0 Å². The van der Waals surface area contributed by atoms with Crippen molar-refractivity contribution in [3.63, 3.8) is 0 Å². The number of sulfonamides is 1. The average molecular weight is 350 g/mol. The van der Waals surface area contributed by atoms with Crippen molar-refractivity contribution in [2.24, 2.45) is 5.73 Å². The molecular formula is C12H16ClN3O5S. The van der Waals surface area contributed by atoms with Gasteiger partial charge >= 0.3 is 0 Å². The number of benzene rings is 1. The summed E-state index contributed by atoms with van der Waals surface area (Å²) in [7, 11) is -0.864. The molecule has 0 heterocycles. The van der Waals surface area contributed by atoms with Crippen LogP contribution in [0.4, 0.5) is 0 Å². The monoisotopic (exact) mass is 349 g/mol. The lowest BCUT2D eigenvalue weighted by Crippen LogP contribution is -2.36. The summed E-state index contributed by atoms with van der Waals surface area (Å²) < 4.78 is 31.2. The van der Waals surface area contributed by atoms with Crippen molar-refractivity contribution in [1.29, 1.82) is 0 Å². The van der Waals surface area contributed by atoms with Crippen LogP contribution in [-0.2, 0) is 19.6 Å². The molecule has 1 aromatic rings. The Balaban J connectivity index is 2.85. The molecule has 0 atom stereocenters. The summed E-state index contributed by atoms with van der Waals surface area (Å²) in [6.45, 7) is -0.742. The van der Waals surface area contributed by atoms with Gasteiger partial charge in [0.25, 0.3) is 5.91 Å². The third kappa shape index (κ3) is 5.17. The van der Waals surface area contributed by atoms with Crippen LogP contribution in [0.15, 0.2) is 23.1 Å². The van der Waals surface area contributed by atoms with E-state index >= 15 is 0 Å². The summed E-state index contributed by atoms with van der Waals surface area (Å²) in [5.74, 6) is -0.948. The second kappa shape index (κ2) is 7.43. The quantitative estimate of drug-likeness (QED) is 0.692. The van der Waals surface area contributed by atoms with E-state index < -0.39 is 21.8 Å². The van der Waals surface area contributed by atoms with Gasteiger partial charge in [-0.15, -0.1) is 0 Å². The average Bonchev–Trinajstić information content (AvgIpc) is 2.43. The van der Waals surface area contributed by atoms with Crippen LogP contribution in [-0.4, -0.2) is 52.4 Å². The Morgan fingerprint density at radius 2 is 2.00 bits per heavy atom. The zero-order chi connectivity index (χ0) is 16.9. The minimum absolute atomic E-state index is 0.00283. The topological polar surface area (TPSA) is 119 Å². The van der Waals surface area contributed by atoms with Crippen LogP contribution < -0.4 is 15.2 Å². The van der Waals surface area contributed by atoms with Crippen molar-refractivity contribution in [2.75, 3.05) is 27.2 Å². The molecule has 0 spiro atoms. The second-order valence-corrected chi connectivity index (χ2v) is 6.63. The lowest BCUT2D eigenvalue weighted by Gasteiger charge is -2.12. The number of nitrogens with one attached hydrogen (secondary N) is 1. The molecule has 122 valence electrons. The van der Waals surface area contributed by atoms with Gasteiger partial charge in [-0.1, -0.05) is 11.6 Å². The normalized spacial score (nSPS) is 11.0. The molecule has 22 heavy (non-hydrogen) atoms. The number of rotatable bonds is 7. The highest BCUT2D eigenvalue weighted by atomic mass is 35.5. The Morgan fingerprint density at radius 3 is 2.50 bits per heavy atom. The van der Waals surface area contributed by atoms with Gasteiger partial charge in [0.2, 0.25) is 15.9 Å². The summed E-state index contributed by atoms with van der Waals surface area (Å²) in [5, 5.41) is 0.00283. The number of nitrogens with zero attached hydrogens (tertiary/aromatic N) is 1. The number of carbonyl (C=O) groups is 2. The van der Waals surface area contributed by atoms with Gasteiger partial charge in [0.15, 0.2) is 6.61 Å². The molecule has 0 aliphatic rings. The summed E-state index contributed by atoms with van der Waals surface area (Å²) in [6.07, 6.45) is 0. The van der Waals surface area contributed by atoms with E-state index in [1.165, 1.54) is 31.1 Å². The maximum Gasteiger partial charge on any atom is 0.255 e. The Morgan fingerprint density at radius 1 is 1.36 bits per heavy atom. The number of ether oxygens (including phenoxy) is 1. The Hall–Kier alpha value is -1.84. The van der Waals surface area contributed by atoms with E-state index in [2.05, 4.69) is 4.72 Å². The van der Waals surface area contributed by atoms with Crippen molar-refractivity contribution in [3.8, 4) is 5.75 Å². The Labute approximate surface area is 133 Å². The molecule has 0 aromatic heterocycles. The van der Waals surface area contributed by atoms with Gasteiger partial charge in [-0.25, -0.2) is 13.1 Å². The summed E-state index contributed by atoms with van der Waals surface area (Å²) in [4.78, 5) is 23.2. The fourth-order valence-electron chi connectivity index (χ4n) is 1.31. The number of carbonyl (C=O) groups excluding carboxylic acids is 2. The highest BCUT2D eigenvalue weighted by Crippen LogP contribution is 2.27. The number of hydrogen-bond donors (Lipinski definition) is 2. The van der Waals surface area contributed by atoms with Crippen LogP contribution in [0.2, 0.25) is 5.02 Å². The third-order valence-corrected chi connectivity index (χ3v) is 4.19. The third-order valence-electron chi connectivity index (χ3n) is 2.50. The second-order valence-electron chi connectivity index (χ2n) is 4.46. The van der Waals surface area contributed by atoms with Gasteiger partial charge < -0.3 is 15.4 Å². The first-order valence-corrected chi connectivity index (χ1v) is 7.90. The predicted molar refractivity (Wildman–Crippen MR) is 80.0 cm³/mol. The molecule has 8 nitrogen and oxygen atoms in total. The molecule has 0 aliphatic heterocycles. The molecule has 1 rings (SSSR count). The van der Waals surface area contributed by atoms with Gasteiger partial charge in [-0.05, 0) is 18.2 Å². The summed E-state index contributed by atoms with van der Waals surface area (Å²) in [5.41, 5.74) is 4.93. The van der Waals surface area contributed by atoms with Crippen LogP contribution in [0.25, 0.3) is 0 Å². The molecule has 10 heteroatoms. The molecule has 2 amide bonds. The zero-order valence-electron chi connectivity index (χ0n) is 12.0. The number of amides is 2. The van der Waals surface area contributed by atoms with E-state index in [9.17, 15) is 18.0 Å². The first kappa shape index (κ1) is 18.2. The Kier molecular flexibility index (Phi) is 6.15. The van der Waals surface area contributed by atoms with E-state index in [0.717, 1.165) is 6.07 Å². The van der Waals surface area contributed by atoms with Crippen LogP contribution in [0, 0.1) is 0 Å². The van der Waals surface area contributed by atoms with Crippen molar-refractivity contribution in [1.82, 2.24) is 9.62 Å². The van der Waals surface area contributed by atoms with Gasteiger partial charge in [0.05, 0.1) is 16.5 Å². The van der Waals surface area contributed by atoms with Gasteiger partial charge in [-0.3, -0.25) is 9.59 Å². The molecule has 0 unspecified atom stereocenters.